The molecular formula is C18H15FN2O2. The van der Waals surface area contributed by atoms with E-state index in [2.05, 4.69) is 4.57 Å². The summed E-state index contributed by atoms with van der Waals surface area (Å²) in [6, 6.07) is 11.4. The van der Waals surface area contributed by atoms with Crippen molar-refractivity contribution in [2.75, 3.05) is 6.54 Å². The molecule has 0 fully saturated rings. The molecule has 1 aromatic carbocycles. The van der Waals surface area contributed by atoms with Crippen LogP contribution in [0.25, 0.3) is 0 Å². The minimum Gasteiger partial charge on any atom is -0.472 e. The number of fused-ring (bicyclic) bond motifs is 1. The maximum Gasteiger partial charge on any atom is 0.254 e. The lowest BCUT2D eigenvalue weighted by molar-refractivity contribution is 0.0663. The number of halogens is 1. The summed E-state index contributed by atoms with van der Waals surface area (Å²) in [5.41, 5.74) is 2.30. The summed E-state index contributed by atoms with van der Waals surface area (Å²) in [6.07, 6.45) is 5.26. The number of furan rings is 1. The van der Waals surface area contributed by atoms with E-state index >= 15 is 0 Å². The second-order valence-electron chi connectivity index (χ2n) is 5.59. The van der Waals surface area contributed by atoms with Gasteiger partial charge in [-0.3, -0.25) is 4.79 Å². The minimum absolute atomic E-state index is 0.178. The average Bonchev–Trinajstić information content (AvgIpc) is 3.24. The molecule has 0 bridgehead atoms. The number of aromatic nitrogens is 1. The van der Waals surface area contributed by atoms with E-state index in [0.29, 0.717) is 12.1 Å². The Morgan fingerprint density at radius 1 is 1.17 bits per heavy atom. The van der Waals surface area contributed by atoms with E-state index in [9.17, 15) is 9.18 Å². The molecule has 5 heteroatoms. The topological polar surface area (TPSA) is 38.4 Å². The van der Waals surface area contributed by atoms with E-state index in [4.69, 9.17) is 4.42 Å². The molecule has 0 saturated heterocycles. The Labute approximate surface area is 132 Å². The lowest BCUT2D eigenvalue weighted by Crippen LogP contribution is -2.42. The second-order valence-corrected chi connectivity index (χ2v) is 5.59. The molecule has 0 saturated carbocycles. The Bertz CT molecular complexity index is 838. The molecule has 1 aliphatic rings. The first-order valence-electron chi connectivity index (χ1n) is 7.48. The molecule has 4 rings (SSSR count). The quantitative estimate of drug-likeness (QED) is 0.727. The summed E-state index contributed by atoms with van der Waals surface area (Å²) in [5.74, 6) is -0.584. The van der Waals surface area contributed by atoms with Gasteiger partial charge in [0.25, 0.3) is 5.91 Å². The van der Waals surface area contributed by atoms with Gasteiger partial charge in [0.1, 0.15) is 11.9 Å². The molecule has 3 heterocycles. The van der Waals surface area contributed by atoms with Gasteiger partial charge in [0.15, 0.2) is 0 Å². The number of hydrogen-bond acceptors (Lipinski definition) is 2. The van der Waals surface area contributed by atoms with Gasteiger partial charge in [-0.2, -0.15) is 0 Å². The predicted molar refractivity (Wildman–Crippen MR) is 82.4 cm³/mol. The average molecular weight is 310 g/mol. The Morgan fingerprint density at radius 3 is 2.87 bits per heavy atom. The van der Waals surface area contributed by atoms with Crippen LogP contribution in [0.2, 0.25) is 0 Å². The maximum atomic E-state index is 13.5. The van der Waals surface area contributed by atoms with Crippen LogP contribution in [0.15, 0.2) is 65.6 Å². The number of amides is 1. The predicted octanol–water partition coefficient (Wildman–Crippen LogP) is 3.47. The van der Waals surface area contributed by atoms with E-state index in [1.54, 1.807) is 29.6 Å². The van der Waals surface area contributed by atoms with E-state index in [0.717, 1.165) is 17.8 Å². The van der Waals surface area contributed by atoms with Crippen molar-refractivity contribution < 1.29 is 13.6 Å². The largest absolute Gasteiger partial charge is 0.472 e. The van der Waals surface area contributed by atoms with Crippen LogP contribution in [0.1, 0.15) is 27.7 Å². The van der Waals surface area contributed by atoms with E-state index in [-0.39, 0.29) is 11.9 Å². The summed E-state index contributed by atoms with van der Waals surface area (Å²) in [5, 5.41) is 0. The van der Waals surface area contributed by atoms with Gasteiger partial charge < -0.3 is 13.9 Å². The fourth-order valence-electron chi connectivity index (χ4n) is 3.17. The number of benzene rings is 1. The molecule has 0 radical (unpaired) electrons. The molecule has 23 heavy (non-hydrogen) atoms. The van der Waals surface area contributed by atoms with E-state index in [1.807, 2.05) is 24.4 Å². The highest BCUT2D eigenvalue weighted by Gasteiger charge is 2.33. The third-order valence-corrected chi connectivity index (χ3v) is 4.23. The molecule has 0 aliphatic carbocycles. The Balaban J connectivity index is 1.77. The van der Waals surface area contributed by atoms with Crippen molar-refractivity contribution in [3.05, 3.63) is 83.8 Å². The van der Waals surface area contributed by atoms with Crippen LogP contribution < -0.4 is 0 Å². The van der Waals surface area contributed by atoms with Crippen molar-refractivity contribution >= 4 is 5.91 Å². The monoisotopic (exact) mass is 310 g/mol. The molecule has 3 aromatic rings. The zero-order valence-corrected chi connectivity index (χ0v) is 12.4. The molecule has 0 spiro atoms. The van der Waals surface area contributed by atoms with Gasteiger partial charge in [-0.15, -0.1) is 0 Å². The van der Waals surface area contributed by atoms with Gasteiger partial charge in [-0.25, -0.2) is 4.39 Å². The Hall–Kier alpha value is -2.82. The van der Waals surface area contributed by atoms with Crippen LogP contribution in [-0.2, 0) is 6.54 Å². The SMILES string of the molecule is O=C(c1cccc(F)c1)N1CCn2cccc2[C@@H]1c1ccoc1. The first kappa shape index (κ1) is 13.8. The molecule has 0 unspecified atom stereocenters. The minimum atomic E-state index is -0.406. The van der Waals surface area contributed by atoms with Crippen molar-refractivity contribution in [2.45, 2.75) is 12.6 Å². The molecule has 0 N–H and O–H groups in total. The number of hydrogen-bond donors (Lipinski definition) is 0. The zero-order valence-electron chi connectivity index (χ0n) is 12.4. The van der Waals surface area contributed by atoms with Gasteiger partial charge in [0.05, 0.1) is 12.5 Å². The number of nitrogens with zero attached hydrogens (tertiary/aromatic N) is 2. The van der Waals surface area contributed by atoms with Crippen molar-refractivity contribution in [3.63, 3.8) is 0 Å². The van der Waals surface area contributed by atoms with Crippen molar-refractivity contribution in [1.29, 1.82) is 0 Å². The lowest BCUT2D eigenvalue weighted by atomic mass is 10.0. The van der Waals surface area contributed by atoms with Crippen molar-refractivity contribution in [2.24, 2.45) is 0 Å². The smallest absolute Gasteiger partial charge is 0.254 e. The van der Waals surface area contributed by atoms with Gasteiger partial charge >= 0.3 is 0 Å². The van der Waals surface area contributed by atoms with E-state index in [1.165, 1.54) is 12.1 Å². The second kappa shape index (κ2) is 5.43. The lowest BCUT2D eigenvalue weighted by Gasteiger charge is -2.36. The number of carbonyl (C=O) groups excluding carboxylic acids is 1. The Morgan fingerprint density at radius 2 is 2.09 bits per heavy atom. The molecule has 1 aliphatic heterocycles. The highest BCUT2D eigenvalue weighted by atomic mass is 19.1. The summed E-state index contributed by atoms with van der Waals surface area (Å²) in [7, 11) is 0. The van der Waals surface area contributed by atoms with Gasteiger partial charge in [-0.1, -0.05) is 6.07 Å². The highest BCUT2D eigenvalue weighted by Crippen LogP contribution is 2.33. The number of rotatable bonds is 2. The molecule has 2 aromatic heterocycles. The van der Waals surface area contributed by atoms with Crippen molar-refractivity contribution in [3.8, 4) is 0 Å². The van der Waals surface area contributed by atoms with Crippen LogP contribution in [0.3, 0.4) is 0 Å². The highest BCUT2D eigenvalue weighted by molar-refractivity contribution is 5.94. The molecule has 1 amide bonds. The Kier molecular flexibility index (Phi) is 3.26. The first-order valence-corrected chi connectivity index (χ1v) is 7.48. The van der Waals surface area contributed by atoms with Crippen LogP contribution in [0.4, 0.5) is 4.39 Å². The standard InChI is InChI=1S/C18H15FN2O2/c19-15-4-1-3-13(11-15)18(22)21-9-8-20-7-2-5-16(20)17(21)14-6-10-23-12-14/h1-7,10-12,17H,8-9H2/t17-/m0/s1. The van der Waals surface area contributed by atoms with Gasteiger partial charge in [0, 0.05) is 36.1 Å². The summed E-state index contributed by atoms with van der Waals surface area (Å²) >= 11 is 0. The molecular weight excluding hydrogens is 295 g/mol. The summed E-state index contributed by atoms with van der Waals surface area (Å²) < 4.78 is 20.8. The van der Waals surface area contributed by atoms with Crippen LogP contribution in [0, 0.1) is 5.82 Å². The van der Waals surface area contributed by atoms with Crippen LogP contribution in [-0.4, -0.2) is 21.9 Å². The van der Waals surface area contributed by atoms with Crippen LogP contribution in [0.5, 0.6) is 0 Å². The van der Waals surface area contributed by atoms with Gasteiger partial charge in [-0.05, 0) is 36.4 Å². The maximum absolute atomic E-state index is 13.5. The molecule has 116 valence electrons. The third kappa shape index (κ3) is 2.34. The summed E-state index contributed by atoms with van der Waals surface area (Å²) in [4.78, 5) is 14.7. The van der Waals surface area contributed by atoms with Gasteiger partial charge in [0.2, 0.25) is 0 Å². The normalized spacial score (nSPS) is 17.1. The molecule has 1 atom stereocenters. The fourth-order valence-corrected chi connectivity index (χ4v) is 3.17. The van der Waals surface area contributed by atoms with Crippen molar-refractivity contribution in [1.82, 2.24) is 9.47 Å². The zero-order chi connectivity index (χ0) is 15.8. The summed E-state index contributed by atoms with van der Waals surface area (Å²) in [6.45, 7) is 1.28. The fraction of sp³-hybridized carbons (Fsp3) is 0.167. The van der Waals surface area contributed by atoms with Crippen LogP contribution >= 0.6 is 0 Å². The number of carbonyl (C=O) groups is 1. The first-order chi connectivity index (χ1) is 11.2. The van der Waals surface area contributed by atoms with E-state index < -0.39 is 5.82 Å². The third-order valence-electron chi connectivity index (χ3n) is 4.23. The molecule has 4 nitrogen and oxygen atoms in total.